The molecule has 2 fully saturated rings. The van der Waals surface area contributed by atoms with Crippen LogP contribution in [0.3, 0.4) is 0 Å². The predicted molar refractivity (Wildman–Crippen MR) is 154 cm³/mol. The fourth-order valence-corrected chi connectivity index (χ4v) is 5.22. The normalized spacial score (nSPS) is 16.3. The maximum atomic E-state index is 15.2. The van der Waals surface area contributed by atoms with Crippen molar-refractivity contribution in [3.8, 4) is 16.9 Å². The maximum absolute atomic E-state index is 15.2. The Bertz CT molecular complexity index is 1560. The Morgan fingerprint density at radius 1 is 1.07 bits per heavy atom. The van der Waals surface area contributed by atoms with Crippen LogP contribution in [0.1, 0.15) is 24.4 Å². The summed E-state index contributed by atoms with van der Waals surface area (Å²) < 4.78 is 22.8. The fourth-order valence-electron chi connectivity index (χ4n) is 5.22. The van der Waals surface area contributed by atoms with Gasteiger partial charge in [-0.25, -0.2) is 19.2 Å². The molecule has 40 heavy (non-hydrogen) atoms. The average molecular weight is 545 g/mol. The molecule has 10 nitrogen and oxygen atoms in total. The van der Waals surface area contributed by atoms with E-state index in [0.717, 1.165) is 62.3 Å². The van der Waals surface area contributed by atoms with Crippen molar-refractivity contribution in [3.63, 3.8) is 0 Å². The van der Waals surface area contributed by atoms with Gasteiger partial charge < -0.3 is 30.6 Å². The standard InChI is InChI=1S/C29H33FN8O2/c1-36-9-11-37(12-10-36)15-18-3-7-24(25(13-18)40-2)35-29(39)34-23-8-4-19(14-22(23)30)21-16-38(20-5-6-20)28-26(21)27(31)32-17-33-28/h3-4,7-8,13-14,16-17,20H,5-6,9-12,15H2,1-2H3,(H2,31,32,33)(H2,34,35,39). The third-order valence-electron chi connectivity index (χ3n) is 7.62. The summed E-state index contributed by atoms with van der Waals surface area (Å²) in [4.78, 5) is 26.1. The minimum absolute atomic E-state index is 0.0575. The van der Waals surface area contributed by atoms with Gasteiger partial charge in [0.15, 0.2) is 0 Å². The lowest BCUT2D eigenvalue weighted by molar-refractivity contribution is 0.148. The molecule has 208 valence electrons. The molecule has 2 aliphatic rings. The van der Waals surface area contributed by atoms with Crippen LogP contribution in [0.15, 0.2) is 48.9 Å². The van der Waals surface area contributed by atoms with Crippen LogP contribution in [0.5, 0.6) is 5.75 Å². The first-order chi connectivity index (χ1) is 19.4. The molecule has 4 aromatic rings. The van der Waals surface area contributed by atoms with Crippen LogP contribution in [0.2, 0.25) is 0 Å². The van der Waals surface area contributed by atoms with Crippen LogP contribution in [0, 0.1) is 5.82 Å². The van der Waals surface area contributed by atoms with Crippen molar-refractivity contribution in [3.05, 3.63) is 60.3 Å². The molecule has 2 aromatic heterocycles. The number of anilines is 3. The lowest BCUT2D eigenvalue weighted by Gasteiger charge is -2.32. The minimum Gasteiger partial charge on any atom is -0.495 e. The number of nitrogens with one attached hydrogen (secondary N) is 2. The SMILES string of the molecule is COc1cc(CN2CCN(C)CC2)ccc1NC(=O)Nc1ccc(-c2cn(C3CC3)c3ncnc(N)c23)cc1F. The predicted octanol–water partition coefficient (Wildman–Crippen LogP) is 4.55. The van der Waals surface area contributed by atoms with E-state index in [1.165, 1.54) is 12.4 Å². The van der Waals surface area contributed by atoms with Crippen LogP contribution in [-0.2, 0) is 6.54 Å². The first-order valence-electron chi connectivity index (χ1n) is 13.5. The van der Waals surface area contributed by atoms with Crippen LogP contribution in [-0.4, -0.2) is 70.7 Å². The second kappa shape index (κ2) is 10.7. The smallest absolute Gasteiger partial charge is 0.323 e. The number of fused-ring (bicyclic) bond motifs is 1. The molecule has 0 unspecified atom stereocenters. The van der Waals surface area contributed by atoms with Gasteiger partial charge in [0.05, 0.1) is 23.9 Å². The van der Waals surface area contributed by atoms with E-state index in [-0.39, 0.29) is 5.69 Å². The highest BCUT2D eigenvalue weighted by atomic mass is 19.1. The highest BCUT2D eigenvalue weighted by Gasteiger charge is 2.28. The van der Waals surface area contributed by atoms with E-state index in [4.69, 9.17) is 10.5 Å². The van der Waals surface area contributed by atoms with Crippen LogP contribution in [0.4, 0.5) is 26.4 Å². The van der Waals surface area contributed by atoms with Gasteiger partial charge in [-0.2, -0.15) is 0 Å². The van der Waals surface area contributed by atoms with Gasteiger partial charge in [-0.1, -0.05) is 12.1 Å². The lowest BCUT2D eigenvalue weighted by Crippen LogP contribution is -2.43. The summed E-state index contributed by atoms with van der Waals surface area (Å²) >= 11 is 0. The van der Waals surface area contributed by atoms with E-state index in [1.54, 1.807) is 19.2 Å². The van der Waals surface area contributed by atoms with Crippen molar-refractivity contribution in [1.82, 2.24) is 24.3 Å². The number of nitrogens with zero attached hydrogens (tertiary/aromatic N) is 5. The number of rotatable bonds is 7. The molecule has 2 aromatic carbocycles. The number of carbonyl (C=O) groups excluding carboxylic acids is 1. The number of piperazine rings is 1. The van der Waals surface area contributed by atoms with Crippen LogP contribution < -0.4 is 21.1 Å². The van der Waals surface area contributed by atoms with Gasteiger partial charge >= 0.3 is 6.03 Å². The van der Waals surface area contributed by atoms with E-state index >= 15 is 4.39 Å². The Labute approximate surface area is 231 Å². The van der Waals surface area contributed by atoms with Crippen LogP contribution >= 0.6 is 0 Å². The maximum Gasteiger partial charge on any atom is 0.323 e. The van der Waals surface area contributed by atoms with E-state index in [2.05, 4.69) is 42.0 Å². The van der Waals surface area contributed by atoms with Gasteiger partial charge in [0.1, 0.15) is 29.4 Å². The van der Waals surface area contributed by atoms with Gasteiger partial charge in [-0.05, 0) is 55.3 Å². The number of hydrogen-bond acceptors (Lipinski definition) is 7. The molecule has 0 atom stereocenters. The fraction of sp³-hybridized carbons (Fsp3) is 0.345. The Hall–Kier alpha value is -4.22. The third kappa shape index (κ3) is 5.30. The summed E-state index contributed by atoms with van der Waals surface area (Å²) in [7, 11) is 3.70. The number of urea groups is 1. The second-order valence-corrected chi connectivity index (χ2v) is 10.5. The van der Waals surface area contributed by atoms with Crippen molar-refractivity contribution in [2.75, 3.05) is 56.7 Å². The lowest BCUT2D eigenvalue weighted by atomic mass is 10.1. The Kier molecular flexibility index (Phi) is 6.99. The molecule has 1 aliphatic heterocycles. The molecule has 3 heterocycles. The van der Waals surface area contributed by atoms with Crippen LogP contribution in [0.25, 0.3) is 22.2 Å². The van der Waals surface area contributed by atoms with Crippen molar-refractivity contribution >= 4 is 34.3 Å². The molecule has 1 aliphatic carbocycles. The molecule has 6 rings (SSSR count). The molecule has 1 saturated carbocycles. The minimum atomic E-state index is -0.570. The number of amides is 2. The van der Waals surface area contributed by atoms with Gasteiger partial charge in [-0.15, -0.1) is 0 Å². The van der Waals surface area contributed by atoms with E-state index in [1.807, 2.05) is 24.4 Å². The highest BCUT2D eigenvalue weighted by molar-refractivity contribution is 6.02. The zero-order chi connectivity index (χ0) is 27.8. The molecule has 0 spiro atoms. The van der Waals surface area contributed by atoms with Gasteiger partial charge in [0.2, 0.25) is 0 Å². The first-order valence-corrected chi connectivity index (χ1v) is 13.5. The molecule has 0 bridgehead atoms. The number of nitrogen functional groups attached to an aromatic ring is 1. The molecule has 0 radical (unpaired) electrons. The summed E-state index contributed by atoms with van der Waals surface area (Å²) in [5.41, 5.74) is 9.98. The van der Waals surface area contributed by atoms with Crippen molar-refractivity contribution in [2.24, 2.45) is 0 Å². The molecule has 1 saturated heterocycles. The Balaban J connectivity index is 1.16. The third-order valence-corrected chi connectivity index (χ3v) is 7.62. The zero-order valence-electron chi connectivity index (χ0n) is 22.7. The van der Waals surface area contributed by atoms with Crippen molar-refractivity contribution < 1.29 is 13.9 Å². The van der Waals surface area contributed by atoms with E-state index in [9.17, 15) is 4.79 Å². The quantitative estimate of drug-likeness (QED) is 0.313. The van der Waals surface area contributed by atoms with Crippen molar-refractivity contribution in [1.29, 1.82) is 0 Å². The molecule has 2 amide bonds. The Morgan fingerprint density at radius 2 is 1.82 bits per heavy atom. The van der Waals surface area contributed by atoms with Gasteiger partial charge in [0.25, 0.3) is 0 Å². The number of aromatic nitrogens is 3. The number of likely N-dealkylation sites (N-methyl/N-ethyl adjacent to an activating group) is 1. The summed E-state index contributed by atoms with van der Waals surface area (Å²) in [6, 6.07) is 10.2. The highest BCUT2D eigenvalue weighted by Crippen LogP contribution is 2.42. The average Bonchev–Trinajstić information content (AvgIpc) is 3.72. The summed E-state index contributed by atoms with van der Waals surface area (Å²) in [6.45, 7) is 4.91. The molecular formula is C29H33FN8O2. The number of methoxy groups -OCH3 is 1. The first kappa shape index (κ1) is 26.0. The Morgan fingerprint density at radius 3 is 2.55 bits per heavy atom. The number of halogens is 1. The topological polar surface area (TPSA) is 114 Å². The number of hydrogen-bond donors (Lipinski definition) is 3. The monoisotopic (exact) mass is 544 g/mol. The number of nitrogens with two attached hydrogens (primary N) is 1. The zero-order valence-corrected chi connectivity index (χ0v) is 22.7. The second-order valence-electron chi connectivity index (χ2n) is 10.5. The van der Waals surface area contributed by atoms with E-state index in [0.29, 0.717) is 34.2 Å². The van der Waals surface area contributed by atoms with Gasteiger partial charge in [0, 0.05) is 50.5 Å². The van der Waals surface area contributed by atoms with Crippen molar-refractivity contribution in [2.45, 2.75) is 25.4 Å². The molecule has 11 heteroatoms. The number of benzene rings is 2. The van der Waals surface area contributed by atoms with E-state index < -0.39 is 11.8 Å². The van der Waals surface area contributed by atoms with Gasteiger partial charge in [-0.3, -0.25) is 4.90 Å². The summed E-state index contributed by atoms with van der Waals surface area (Å²) in [5.74, 6) is 0.333. The number of carbonyl (C=O) groups is 1. The summed E-state index contributed by atoms with van der Waals surface area (Å²) in [6.07, 6.45) is 5.55. The molecular weight excluding hydrogens is 511 g/mol. The molecule has 4 N–H and O–H groups in total. The largest absolute Gasteiger partial charge is 0.495 e. The number of ether oxygens (including phenoxy) is 1. The summed E-state index contributed by atoms with van der Waals surface area (Å²) in [5, 5.41) is 6.09.